The van der Waals surface area contributed by atoms with Gasteiger partial charge in [-0.15, -0.1) is 0 Å². The molecule has 12 heavy (non-hydrogen) atoms. The number of aldehydes is 1. The van der Waals surface area contributed by atoms with Crippen LogP contribution in [0, 0.1) is 0 Å². The van der Waals surface area contributed by atoms with E-state index in [9.17, 15) is 13.6 Å². The van der Waals surface area contributed by atoms with Crippen molar-refractivity contribution in [2.75, 3.05) is 0 Å². The Hall–Kier alpha value is -1.19. The van der Waals surface area contributed by atoms with E-state index in [-0.39, 0.29) is 5.76 Å². The van der Waals surface area contributed by atoms with Gasteiger partial charge in [0.2, 0.25) is 0 Å². The van der Waals surface area contributed by atoms with Gasteiger partial charge in [-0.2, -0.15) is 8.78 Å². The third-order valence-electron chi connectivity index (χ3n) is 1.54. The van der Waals surface area contributed by atoms with E-state index in [1.54, 1.807) is 0 Å². The van der Waals surface area contributed by atoms with Gasteiger partial charge in [-0.25, -0.2) is 0 Å². The van der Waals surface area contributed by atoms with Crippen molar-refractivity contribution >= 4 is 6.29 Å². The quantitative estimate of drug-likeness (QED) is 0.612. The van der Waals surface area contributed by atoms with Gasteiger partial charge in [0.15, 0.2) is 0 Å². The molecule has 0 unspecified atom stereocenters. The minimum atomic E-state index is -2.78. The van der Waals surface area contributed by atoms with Crippen LogP contribution in [0.4, 0.5) is 8.78 Å². The maximum absolute atomic E-state index is 11.6. The summed E-state index contributed by atoms with van der Waals surface area (Å²) in [4.78, 5) is 10.2. The van der Waals surface area contributed by atoms with Crippen molar-refractivity contribution in [2.24, 2.45) is 0 Å². The molecule has 0 heterocycles. The maximum atomic E-state index is 11.6. The van der Waals surface area contributed by atoms with Gasteiger partial charge in [0.25, 0.3) is 0 Å². The molecule has 0 amide bonds. The van der Waals surface area contributed by atoms with Crippen LogP contribution in [0.15, 0.2) is 23.5 Å². The van der Waals surface area contributed by atoms with E-state index in [1.165, 1.54) is 12.2 Å². The molecule has 0 fully saturated rings. The highest BCUT2D eigenvalue weighted by molar-refractivity contribution is 5.74. The highest BCUT2D eigenvalue weighted by Crippen LogP contribution is 2.19. The molecule has 1 aliphatic carbocycles. The fourth-order valence-corrected chi connectivity index (χ4v) is 0.945. The fraction of sp³-hybridized carbons (Fsp3) is 0.375. The number of ether oxygens (including phenoxy) is 1. The van der Waals surface area contributed by atoms with Crippen LogP contribution in [0.5, 0.6) is 0 Å². The number of allylic oxidation sites excluding steroid dienone is 4. The third kappa shape index (κ3) is 2.45. The Balaban J connectivity index is 2.54. The van der Waals surface area contributed by atoms with E-state index in [2.05, 4.69) is 4.74 Å². The molecular weight excluding hydrogens is 166 g/mol. The lowest BCUT2D eigenvalue weighted by atomic mass is 10.1. The second-order valence-electron chi connectivity index (χ2n) is 2.37. The van der Waals surface area contributed by atoms with Crippen LogP contribution < -0.4 is 0 Å². The van der Waals surface area contributed by atoms with E-state index < -0.39 is 6.61 Å². The van der Waals surface area contributed by atoms with Gasteiger partial charge in [0, 0.05) is 6.42 Å². The molecule has 66 valence electrons. The lowest BCUT2D eigenvalue weighted by Crippen LogP contribution is -2.02. The predicted octanol–water partition coefficient (Wildman–Crippen LogP) is 2.03. The topological polar surface area (TPSA) is 26.3 Å². The van der Waals surface area contributed by atoms with E-state index in [1.807, 2.05) is 0 Å². The summed E-state index contributed by atoms with van der Waals surface area (Å²) < 4.78 is 27.4. The Morgan fingerprint density at radius 2 is 2.17 bits per heavy atom. The molecule has 0 saturated carbocycles. The van der Waals surface area contributed by atoms with Crippen LogP contribution in [0.2, 0.25) is 0 Å². The molecule has 0 aromatic carbocycles. The van der Waals surface area contributed by atoms with Gasteiger partial charge in [-0.05, 0) is 18.1 Å². The Bertz CT molecular complexity index is 231. The van der Waals surface area contributed by atoms with Crippen LogP contribution in [-0.4, -0.2) is 12.9 Å². The average Bonchev–Trinajstić information content (AvgIpc) is 2.05. The highest BCUT2D eigenvalue weighted by atomic mass is 19.3. The van der Waals surface area contributed by atoms with Crippen molar-refractivity contribution in [1.82, 2.24) is 0 Å². The van der Waals surface area contributed by atoms with Crippen molar-refractivity contribution in [2.45, 2.75) is 19.5 Å². The molecule has 0 spiro atoms. The second-order valence-corrected chi connectivity index (χ2v) is 2.37. The summed E-state index contributed by atoms with van der Waals surface area (Å²) in [5, 5.41) is 0. The summed E-state index contributed by atoms with van der Waals surface area (Å²) in [7, 11) is 0. The highest BCUT2D eigenvalue weighted by Gasteiger charge is 2.10. The first-order valence-electron chi connectivity index (χ1n) is 3.52. The Kier molecular flexibility index (Phi) is 2.96. The van der Waals surface area contributed by atoms with Crippen molar-refractivity contribution < 1.29 is 18.3 Å². The number of hydrogen-bond acceptors (Lipinski definition) is 2. The van der Waals surface area contributed by atoms with Crippen molar-refractivity contribution in [3.05, 3.63) is 23.5 Å². The molecule has 0 N–H and O–H groups in total. The molecule has 2 nitrogen and oxygen atoms in total. The molecular formula is C8H8F2O2. The first kappa shape index (κ1) is 8.90. The van der Waals surface area contributed by atoms with Crippen LogP contribution >= 0.6 is 0 Å². The van der Waals surface area contributed by atoms with Crippen molar-refractivity contribution in [3.63, 3.8) is 0 Å². The van der Waals surface area contributed by atoms with Gasteiger partial charge in [-0.1, -0.05) is 6.08 Å². The van der Waals surface area contributed by atoms with Crippen LogP contribution in [0.3, 0.4) is 0 Å². The van der Waals surface area contributed by atoms with Gasteiger partial charge < -0.3 is 4.74 Å². The monoisotopic (exact) mass is 174 g/mol. The summed E-state index contributed by atoms with van der Waals surface area (Å²) in [6.45, 7) is -2.78. The largest absolute Gasteiger partial charge is 0.439 e. The maximum Gasteiger partial charge on any atom is 0.387 e. The normalized spacial score (nSPS) is 16.9. The van der Waals surface area contributed by atoms with Gasteiger partial charge >= 0.3 is 6.61 Å². The Morgan fingerprint density at radius 1 is 1.42 bits per heavy atom. The third-order valence-corrected chi connectivity index (χ3v) is 1.54. The Morgan fingerprint density at radius 3 is 2.58 bits per heavy atom. The van der Waals surface area contributed by atoms with Crippen molar-refractivity contribution in [3.8, 4) is 0 Å². The zero-order valence-electron chi connectivity index (χ0n) is 6.30. The molecule has 1 rings (SSSR count). The fourth-order valence-electron chi connectivity index (χ4n) is 0.945. The number of rotatable bonds is 3. The lowest BCUT2D eigenvalue weighted by molar-refractivity contribution is -0.105. The van der Waals surface area contributed by atoms with Gasteiger partial charge in [0.1, 0.15) is 12.0 Å². The number of alkyl halides is 2. The van der Waals surface area contributed by atoms with E-state index in [0.29, 0.717) is 18.4 Å². The number of carbonyl (C=O) groups is 1. The Labute approximate surface area is 68.5 Å². The number of carbonyl (C=O) groups excluding carboxylic acids is 1. The summed E-state index contributed by atoms with van der Waals surface area (Å²) in [6.07, 6.45) is 4.46. The molecule has 0 bridgehead atoms. The molecule has 0 atom stereocenters. The van der Waals surface area contributed by atoms with E-state index in [4.69, 9.17) is 0 Å². The van der Waals surface area contributed by atoms with E-state index in [0.717, 1.165) is 6.29 Å². The van der Waals surface area contributed by atoms with Crippen LogP contribution in [-0.2, 0) is 9.53 Å². The standard InChI is InChI=1S/C8H8F2O2/c9-8(10)12-7-3-1-6(5-11)2-4-7/h1,3,5,8H,2,4H2. The predicted molar refractivity (Wildman–Crippen MR) is 38.6 cm³/mol. The molecule has 0 aromatic heterocycles. The molecule has 4 heteroatoms. The summed E-state index contributed by atoms with van der Waals surface area (Å²) >= 11 is 0. The van der Waals surface area contributed by atoms with Gasteiger partial charge in [-0.3, -0.25) is 4.79 Å². The average molecular weight is 174 g/mol. The smallest absolute Gasteiger partial charge is 0.387 e. The second kappa shape index (κ2) is 3.99. The number of hydrogen-bond donors (Lipinski definition) is 0. The summed E-state index contributed by atoms with van der Waals surface area (Å²) in [5.74, 6) is 0.232. The minimum Gasteiger partial charge on any atom is -0.439 e. The summed E-state index contributed by atoms with van der Waals surface area (Å²) in [5.41, 5.74) is 0.608. The zero-order valence-corrected chi connectivity index (χ0v) is 6.30. The molecule has 0 aromatic rings. The molecule has 0 aliphatic heterocycles. The summed E-state index contributed by atoms with van der Waals surface area (Å²) in [6, 6.07) is 0. The minimum absolute atomic E-state index is 0.232. The lowest BCUT2D eigenvalue weighted by Gasteiger charge is -2.11. The first-order chi connectivity index (χ1) is 5.72. The van der Waals surface area contributed by atoms with E-state index >= 15 is 0 Å². The van der Waals surface area contributed by atoms with Crippen LogP contribution in [0.1, 0.15) is 12.8 Å². The zero-order chi connectivity index (χ0) is 8.97. The molecule has 0 radical (unpaired) electrons. The van der Waals surface area contributed by atoms with Gasteiger partial charge in [0.05, 0.1) is 0 Å². The number of halogens is 2. The SMILES string of the molecule is O=CC1=CC=C(OC(F)F)CC1. The van der Waals surface area contributed by atoms with Crippen molar-refractivity contribution in [1.29, 1.82) is 0 Å². The molecule has 1 aliphatic rings. The molecule has 0 saturated heterocycles. The van der Waals surface area contributed by atoms with Crippen LogP contribution in [0.25, 0.3) is 0 Å². The first-order valence-corrected chi connectivity index (χ1v) is 3.52.